The van der Waals surface area contributed by atoms with Gasteiger partial charge in [0.2, 0.25) is 0 Å². The molecule has 4 heteroatoms. The van der Waals surface area contributed by atoms with Gasteiger partial charge in [-0.2, -0.15) is 0 Å². The zero-order valence-electron chi connectivity index (χ0n) is 29.8. The van der Waals surface area contributed by atoms with Crippen LogP contribution in [0.3, 0.4) is 0 Å². The van der Waals surface area contributed by atoms with Crippen LogP contribution in [0.4, 0.5) is 0 Å². The molecule has 0 atom stereocenters. The van der Waals surface area contributed by atoms with E-state index in [1.165, 1.54) is 90.3 Å². The van der Waals surface area contributed by atoms with E-state index < -0.39 is 0 Å². The van der Waals surface area contributed by atoms with Crippen LogP contribution in [-0.4, -0.2) is 4.98 Å². The Morgan fingerprint density at radius 3 is 2.26 bits per heavy atom. The molecule has 0 saturated heterocycles. The third-order valence-electron chi connectivity index (χ3n) is 10.6. The second kappa shape index (κ2) is 13.6. The Morgan fingerprint density at radius 1 is 0.667 bits per heavy atom. The summed E-state index contributed by atoms with van der Waals surface area (Å²) in [5.74, 6) is 0. The Balaban J connectivity index is 1.14. The molecule has 0 N–H and O–H groups in total. The summed E-state index contributed by atoms with van der Waals surface area (Å²) in [6, 6.07) is 48.9. The van der Waals surface area contributed by atoms with Gasteiger partial charge in [-0.15, -0.1) is 34.0 Å². The van der Waals surface area contributed by atoms with Gasteiger partial charge in [-0.1, -0.05) is 110 Å². The zero-order chi connectivity index (χ0) is 36.2. The van der Waals surface area contributed by atoms with Crippen molar-refractivity contribution in [3.05, 3.63) is 179 Å². The number of para-hydroxylation sites is 1. The van der Waals surface area contributed by atoms with Crippen molar-refractivity contribution >= 4 is 83.5 Å². The van der Waals surface area contributed by atoms with Crippen LogP contribution >= 0.6 is 34.0 Å². The van der Waals surface area contributed by atoms with E-state index in [2.05, 4.69) is 165 Å². The average Bonchev–Trinajstić information content (AvgIpc) is 4.00. The van der Waals surface area contributed by atoms with Gasteiger partial charge in [0.1, 0.15) is 5.01 Å². The Labute approximate surface area is 327 Å². The number of thiazole rings is 1. The highest BCUT2D eigenvalue weighted by atomic mass is 32.1. The van der Waals surface area contributed by atoms with Crippen molar-refractivity contribution in [1.29, 1.82) is 0 Å². The molecule has 0 spiro atoms. The summed E-state index contributed by atoms with van der Waals surface area (Å²) in [4.78, 5) is 9.84. The van der Waals surface area contributed by atoms with Crippen molar-refractivity contribution in [3.63, 3.8) is 0 Å². The standard InChI is InChI=1S/C50H35NS3/c1-3-32(43-24-25-45(52-43)46-26-27-47(53-46)50-51-42-18-10-11-19-44(42)54-50)30-41-31(2)48(37-22-20-33-12-4-6-14-35(33)28-37)39-16-8-9-17-40(39)49(41)38-23-21-34-13-5-7-15-36(34)29-38/h3,5-11,13-30H,1,4,12H2,2H3/b32-30+. The molecule has 1 aliphatic rings. The van der Waals surface area contributed by atoms with E-state index >= 15 is 0 Å². The molecule has 0 amide bonds. The van der Waals surface area contributed by atoms with Gasteiger partial charge >= 0.3 is 0 Å². The van der Waals surface area contributed by atoms with E-state index in [9.17, 15) is 0 Å². The highest BCUT2D eigenvalue weighted by molar-refractivity contribution is 7.28. The maximum absolute atomic E-state index is 4.92. The van der Waals surface area contributed by atoms with E-state index in [4.69, 9.17) is 4.98 Å². The first-order chi connectivity index (χ1) is 26.6. The topological polar surface area (TPSA) is 12.9 Å². The minimum absolute atomic E-state index is 1.06. The highest BCUT2D eigenvalue weighted by Crippen LogP contribution is 2.46. The van der Waals surface area contributed by atoms with Crippen LogP contribution in [0.1, 0.15) is 33.6 Å². The normalized spacial score (nSPS) is 12.9. The molecule has 1 aliphatic carbocycles. The lowest BCUT2D eigenvalue weighted by molar-refractivity contribution is 0.986. The Morgan fingerprint density at radius 2 is 1.39 bits per heavy atom. The molecule has 3 aromatic heterocycles. The summed E-state index contributed by atoms with van der Waals surface area (Å²) in [6.45, 7) is 6.68. The quantitative estimate of drug-likeness (QED) is 0.148. The minimum atomic E-state index is 1.06. The van der Waals surface area contributed by atoms with Crippen LogP contribution in [0.5, 0.6) is 0 Å². The van der Waals surface area contributed by atoms with Gasteiger partial charge in [0.25, 0.3) is 0 Å². The maximum atomic E-state index is 4.92. The molecule has 10 rings (SSSR count). The highest BCUT2D eigenvalue weighted by Gasteiger charge is 2.21. The second-order valence-electron chi connectivity index (χ2n) is 13.9. The number of nitrogens with zero attached hydrogens (tertiary/aromatic N) is 1. The number of thiophene rings is 2. The monoisotopic (exact) mass is 745 g/mol. The SMILES string of the molecule is C=C/C(=C\c1c(C)c(-c2ccc3c(c2)C=CCC3)c2ccccc2c1-c1ccc2ccccc2c1)c1ccc(-c2ccc(-c3nc4ccccc4s3)s2)s1. The fourth-order valence-electron chi connectivity index (χ4n) is 7.95. The van der Waals surface area contributed by atoms with Crippen LogP contribution in [0, 0.1) is 6.92 Å². The largest absolute Gasteiger partial charge is 0.235 e. The fraction of sp³-hybridized carbons (Fsp3) is 0.0600. The van der Waals surface area contributed by atoms with E-state index in [0.29, 0.717) is 0 Å². The summed E-state index contributed by atoms with van der Waals surface area (Å²) in [5.41, 5.74) is 12.5. The van der Waals surface area contributed by atoms with Crippen molar-refractivity contribution in [3.8, 4) is 41.9 Å². The smallest absolute Gasteiger partial charge is 0.134 e. The average molecular weight is 746 g/mol. The summed E-state index contributed by atoms with van der Waals surface area (Å²) in [6.07, 6.45) is 11.2. The van der Waals surface area contributed by atoms with E-state index in [-0.39, 0.29) is 0 Å². The number of fused-ring (bicyclic) bond motifs is 4. The molecule has 0 radical (unpaired) electrons. The fourth-order valence-corrected chi connectivity index (χ4v) is 11.1. The molecular weight excluding hydrogens is 711 g/mol. The molecule has 1 nitrogen and oxygen atoms in total. The van der Waals surface area contributed by atoms with Crippen LogP contribution < -0.4 is 0 Å². The summed E-state index contributed by atoms with van der Waals surface area (Å²) in [7, 11) is 0. The lowest BCUT2D eigenvalue weighted by atomic mass is 9.82. The van der Waals surface area contributed by atoms with Crippen LogP contribution in [0.2, 0.25) is 0 Å². The van der Waals surface area contributed by atoms with Gasteiger partial charge in [0.05, 0.1) is 15.1 Å². The predicted octanol–water partition coefficient (Wildman–Crippen LogP) is 15.4. The minimum Gasteiger partial charge on any atom is -0.235 e. The molecule has 0 saturated carbocycles. The predicted molar refractivity (Wildman–Crippen MR) is 239 cm³/mol. The summed E-state index contributed by atoms with van der Waals surface area (Å²) >= 11 is 5.40. The summed E-state index contributed by atoms with van der Waals surface area (Å²) < 4.78 is 1.22. The van der Waals surface area contributed by atoms with Gasteiger partial charge in [0.15, 0.2) is 0 Å². The van der Waals surface area contributed by atoms with Gasteiger partial charge in [-0.25, -0.2) is 4.98 Å². The Hall–Kier alpha value is -5.65. The van der Waals surface area contributed by atoms with Crippen LogP contribution in [-0.2, 0) is 6.42 Å². The Kier molecular flexibility index (Phi) is 8.33. The number of aryl methyl sites for hydroxylation is 1. The zero-order valence-corrected chi connectivity index (χ0v) is 32.3. The molecule has 0 aliphatic heterocycles. The maximum Gasteiger partial charge on any atom is 0.134 e. The number of benzene rings is 6. The number of aromatic nitrogens is 1. The van der Waals surface area contributed by atoms with Crippen molar-refractivity contribution in [2.45, 2.75) is 19.8 Å². The van der Waals surface area contributed by atoms with Gasteiger partial charge in [-0.05, 0) is 146 Å². The molecule has 0 unspecified atom stereocenters. The molecule has 6 aromatic carbocycles. The Bertz CT molecular complexity index is 2950. The first-order valence-electron chi connectivity index (χ1n) is 18.4. The molecule has 0 bridgehead atoms. The van der Waals surface area contributed by atoms with Crippen LogP contribution in [0.25, 0.3) is 91.4 Å². The van der Waals surface area contributed by atoms with Gasteiger partial charge < -0.3 is 0 Å². The number of hydrogen-bond acceptors (Lipinski definition) is 4. The molecule has 9 aromatic rings. The number of rotatable bonds is 7. The van der Waals surface area contributed by atoms with Crippen molar-refractivity contribution < 1.29 is 0 Å². The van der Waals surface area contributed by atoms with Gasteiger partial charge in [0, 0.05) is 14.6 Å². The van der Waals surface area contributed by atoms with Gasteiger partial charge in [-0.3, -0.25) is 0 Å². The van der Waals surface area contributed by atoms with Crippen LogP contribution in [0.15, 0.2) is 152 Å². The third kappa shape index (κ3) is 5.79. The molecule has 0 fully saturated rings. The first kappa shape index (κ1) is 33.0. The van der Waals surface area contributed by atoms with E-state index in [1.807, 2.05) is 28.7 Å². The molecule has 258 valence electrons. The number of hydrogen-bond donors (Lipinski definition) is 0. The summed E-state index contributed by atoms with van der Waals surface area (Å²) in [5, 5.41) is 6.09. The molecule has 3 heterocycles. The van der Waals surface area contributed by atoms with Crippen molar-refractivity contribution in [1.82, 2.24) is 4.98 Å². The second-order valence-corrected chi connectivity index (χ2v) is 17.1. The van der Waals surface area contributed by atoms with E-state index in [1.54, 1.807) is 11.3 Å². The lowest BCUT2D eigenvalue weighted by Gasteiger charge is -2.22. The molecular formula is C50H35NS3. The van der Waals surface area contributed by atoms with Crippen molar-refractivity contribution in [2.75, 3.05) is 0 Å². The van der Waals surface area contributed by atoms with Crippen molar-refractivity contribution in [2.24, 2.45) is 0 Å². The molecule has 54 heavy (non-hydrogen) atoms. The van der Waals surface area contributed by atoms with E-state index in [0.717, 1.165) is 28.9 Å². The number of allylic oxidation sites excluding steroid dienone is 3. The first-order valence-corrected chi connectivity index (χ1v) is 20.8. The third-order valence-corrected chi connectivity index (χ3v) is 14.2. The lowest BCUT2D eigenvalue weighted by Crippen LogP contribution is -1.98.